The summed E-state index contributed by atoms with van der Waals surface area (Å²) < 4.78 is 0. The molecule has 1 aromatic rings. The minimum atomic E-state index is 0.471. The van der Waals surface area contributed by atoms with E-state index < -0.39 is 0 Å². The number of likely N-dealkylation sites (N-methyl/N-ethyl adjacent to an activating group) is 1. The molecule has 1 aliphatic heterocycles. The van der Waals surface area contributed by atoms with Crippen molar-refractivity contribution in [3.8, 4) is 0 Å². The number of fused-ring (bicyclic) bond motifs is 1. The lowest BCUT2D eigenvalue weighted by molar-refractivity contribution is 0.870. The molecule has 2 rings (SSSR count). The number of alkyl halides is 1. The minimum Gasteiger partial charge on any atom is -0.370 e. The van der Waals surface area contributed by atoms with Crippen LogP contribution in [0.25, 0.3) is 0 Å². The molecule has 0 aromatic carbocycles. The zero-order chi connectivity index (χ0) is 9.26. The van der Waals surface area contributed by atoms with Gasteiger partial charge in [-0.1, -0.05) is 0 Å². The Balaban J connectivity index is 2.39. The third-order valence-corrected chi connectivity index (χ3v) is 2.49. The highest BCUT2D eigenvalue weighted by molar-refractivity contribution is 6.16. The van der Waals surface area contributed by atoms with Gasteiger partial charge in [-0.15, -0.1) is 11.6 Å². The number of nitrogens with one attached hydrogen (secondary N) is 1. The highest BCUT2D eigenvalue weighted by atomic mass is 35.5. The van der Waals surface area contributed by atoms with Gasteiger partial charge in [-0.05, 0) is 12.1 Å². The maximum atomic E-state index is 5.70. The summed E-state index contributed by atoms with van der Waals surface area (Å²) >= 11 is 5.70. The van der Waals surface area contributed by atoms with Crippen LogP contribution in [0.5, 0.6) is 0 Å². The van der Waals surface area contributed by atoms with Crippen molar-refractivity contribution in [1.29, 1.82) is 0 Å². The summed E-state index contributed by atoms with van der Waals surface area (Å²) in [7, 11) is 2.07. The van der Waals surface area contributed by atoms with Gasteiger partial charge in [0.2, 0.25) is 0 Å². The lowest BCUT2D eigenvalue weighted by atomic mass is 10.2. The number of rotatable bonds is 1. The molecule has 4 heteroatoms. The first kappa shape index (κ1) is 8.63. The molecule has 0 saturated carbocycles. The van der Waals surface area contributed by atoms with Crippen LogP contribution in [0.15, 0.2) is 12.1 Å². The zero-order valence-corrected chi connectivity index (χ0v) is 8.30. The van der Waals surface area contributed by atoms with E-state index in [1.165, 1.54) is 0 Å². The Morgan fingerprint density at radius 2 is 2.46 bits per heavy atom. The summed E-state index contributed by atoms with van der Waals surface area (Å²) in [5.74, 6) is 1.42. The summed E-state index contributed by atoms with van der Waals surface area (Å²) in [5.41, 5.74) is 2.07. The van der Waals surface area contributed by atoms with Gasteiger partial charge >= 0.3 is 0 Å². The number of anilines is 2. The van der Waals surface area contributed by atoms with E-state index in [1.807, 2.05) is 6.07 Å². The van der Waals surface area contributed by atoms with E-state index in [0.717, 1.165) is 30.3 Å². The summed E-state index contributed by atoms with van der Waals surface area (Å²) in [6, 6.07) is 4.03. The maximum Gasteiger partial charge on any atom is 0.150 e. The Morgan fingerprint density at radius 1 is 1.62 bits per heavy atom. The fraction of sp³-hybridized carbons (Fsp3) is 0.444. The van der Waals surface area contributed by atoms with Crippen LogP contribution in [0.1, 0.15) is 5.69 Å². The van der Waals surface area contributed by atoms with Gasteiger partial charge in [0.25, 0.3) is 0 Å². The zero-order valence-electron chi connectivity index (χ0n) is 7.55. The number of hydrogen-bond donors (Lipinski definition) is 1. The first-order valence-corrected chi connectivity index (χ1v) is 4.85. The van der Waals surface area contributed by atoms with Gasteiger partial charge in [0.1, 0.15) is 5.82 Å². The normalized spacial score (nSPS) is 15.1. The van der Waals surface area contributed by atoms with Crippen molar-refractivity contribution in [2.75, 3.05) is 30.4 Å². The molecule has 0 atom stereocenters. The molecule has 0 bridgehead atoms. The van der Waals surface area contributed by atoms with Crippen LogP contribution >= 0.6 is 11.6 Å². The van der Waals surface area contributed by atoms with Gasteiger partial charge in [0.15, 0.2) is 0 Å². The first-order chi connectivity index (χ1) is 6.31. The Morgan fingerprint density at radius 3 is 3.23 bits per heavy atom. The van der Waals surface area contributed by atoms with Gasteiger partial charge in [-0.2, -0.15) is 0 Å². The van der Waals surface area contributed by atoms with Crippen LogP contribution in [0.3, 0.4) is 0 Å². The lowest BCUT2D eigenvalue weighted by Crippen LogP contribution is -2.31. The van der Waals surface area contributed by atoms with Crippen molar-refractivity contribution < 1.29 is 0 Å². The second kappa shape index (κ2) is 3.42. The van der Waals surface area contributed by atoms with Gasteiger partial charge in [-0.25, -0.2) is 4.98 Å². The molecule has 1 aliphatic rings. The lowest BCUT2D eigenvalue weighted by Gasteiger charge is -2.27. The van der Waals surface area contributed by atoms with Crippen molar-refractivity contribution in [2.45, 2.75) is 5.88 Å². The van der Waals surface area contributed by atoms with E-state index in [0.29, 0.717) is 5.88 Å². The topological polar surface area (TPSA) is 28.2 Å². The van der Waals surface area contributed by atoms with Crippen LogP contribution in [0, 0.1) is 0 Å². The van der Waals surface area contributed by atoms with Crippen LogP contribution < -0.4 is 10.2 Å². The molecule has 0 aliphatic carbocycles. The molecule has 70 valence electrons. The molecule has 3 nitrogen and oxygen atoms in total. The Labute approximate surface area is 82.7 Å². The molecule has 0 saturated heterocycles. The van der Waals surface area contributed by atoms with Crippen LogP contribution in [-0.4, -0.2) is 25.1 Å². The molecular formula is C9H12ClN3. The van der Waals surface area contributed by atoms with Crippen LogP contribution in [-0.2, 0) is 5.88 Å². The second-order valence-electron chi connectivity index (χ2n) is 3.15. The van der Waals surface area contributed by atoms with Crippen molar-refractivity contribution in [3.63, 3.8) is 0 Å². The Bertz CT molecular complexity index is 314. The number of aromatic nitrogens is 1. The maximum absolute atomic E-state index is 5.70. The molecule has 2 heterocycles. The molecule has 0 fully saturated rings. The number of pyridine rings is 1. The average molecular weight is 198 g/mol. The van der Waals surface area contributed by atoms with Crippen LogP contribution in [0.4, 0.5) is 11.5 Å². The molecule has 0 spiro atoms. The second-order valence-corrected chi connectivity index (χ2v) is 3.42. The molecular weight excluding hydrogens is 186 g/mol. The monoisotopic (exact) mass is 197 g/mol. The van der Waals surface area contributed by atoms with Gasteiger partial charge in [0, 0.05) is 20.1 Å². The summed E-state index contributed by atoms with van der Waals surface area (Å²) in [6.45, 7) is 1.97. The van der Waals surface area contributed by atoms with E-state index >= 15 is 0 Å². The minimum absolute atomic E-state index is 0.471. The fourth-order valence-electron chi connectivity index (χ4n) is 1.47. The molecule has 13 heavy (non-hydrogen) atoms. The molecule has 0 amide bonds. The predicted octanol–water partition coefficient (Wildman–Crippen LogP) is 1.68. The third-order valence-electron chi connectivity index (χ3n) is 2.22. The fourth-order valence-corrected chi connectivity index (χ4v) is 1.62. The largest absolute Gasteiger partial charge is 0.370 e. The molecule has 0 unspecified atom stereocenters. The molecule has 1 aromatic heterocycles. The first-order valence-electron chi connectivity index (χ1n) is 4.32. The van der Waals surface area contributed by atoms with Crippen molar-refractivity contribution >= 4 is 23.1 Å². The summed E-state index contributed by atoms with van der Waals surface area (Å²) in [5, 5.41) is 3.26. The number of halogens is 1. The third kappa shape index (κ3) is 1.56. The van der Waals surface area contributed by atoms with Crippen molar-refractivity contribution in [2.24, 2.45) is 0 Å². The smallest absolute Gasteiger partial charge is 0.150 e. The molecule has 0 radical (unpaired) electrons. The highest BCUT2D eigenvalue weighted by Crippen LogP contribution is 2.25. The van der Waals surface area contributed by atoms with Crippen LogP contribution in [0.2, 0.25) is 0 Å². The van der Waals surface area contributed by atoms with E-state index in [4.69, 9.17) is 11.6 Å². The van der Waals surface area contributed by atoms with Crippen molar-refractivity contribution in [1.82, 2.24) is 4.98 Å². The summed E-state index contributed by atoms with van der Waals surface area (Å²) in [4.78, 5) is 6.59. The predicted molar refractivity (Wildman–Crippen MR) is 55.6 cm³/mol. The van der Waals surface area contributed by atoms with Gasteiger partial charge in [0.05, 0.1) is 17.3 Å². The van der Waals surface area contributed by atoms with Crippen molar-refractivity contribution in [3.05, 3.63) is 17.8 Å². The average Bonchev–Trinajstić information content (AvgIpc) is 2.18. The summed E-state index contributed by atoms with van der Waals surface area (Å²) in [6.07, 6.45) is 0. The Kier molecular flexibility index (Phi) is 2.27. The standard InChI is InChI=1S/C9H12ClN3/c1-13-5-4-11-9-8(13)3-2-7(6-10)12-9/h2-3H,4-6H2,1H3,(H,11,12). The molecule has 1 N–H and O–H groups in total. The number of hydrogen-bond acceptors (Lipinski definition) is 3. The van der Waals surface area contributed by atoms with E-state index in [-0.39, 0.29) is 0 Å². The van der Waals surface area contributed by atoms with E-state index in [2.05, 4.69) is 28.3 Å². The highest BCUT2D eigenvalue weighted by Gasteiger charge is 2.13. The Hall–Kier alpha value is -0.960. The van der Waals surface area contributed by atoms with E-state index in [9.17, 15) is 0 Å². The quantitative estimate of drug-likeness (QED) is 0.695. The van der Waals surface area contributed by atoms with Gasteiger partial charge in [-0.3, -0.25) is 0 Å². The number of nitrogens with zero attached hydrogens (tertiary/aromatic N) is 2. The van der Waals surface area contributed by atoms with Gasteiger partial charge < -0.3 is 10.2 Å². The van der Waals surface area contributed by atoms with E-state index in [1.54, 1.807) is 0 Å². The SMILES string of the molecule is CN1CCNc2nc(CCl)ccc21.